The van der Waals surface area contributed by atoms with E-state index in [0.717, 1.165) is 47.8 Å². The largest absolute Gasteiger partial charge is 0.375 e. The molecule has 5 rings (SSSR count). The standard InChI is InChI=1S/C26H25ClN2O/c1-19-22(13-8-14-23(19)27)26(28-21-11-6-3-7-12-21)15-25(16-26)17-29(18-25)24(30)20-9-4-2-5-10-20/h2-14,28H,15-18H2,1H3. The second-order valence-electron chi connectivity index (χ2n) is 8.87. The first-order valence-corrected chi connectivity index (χ1v) is 10.8. The van der Waals surface area contributed by atoms with Crippen molar-refractivity contribution in [2.75, 3.05) is 18.4 Å². The normalized spacial score (nSPS) is 18.4. The summed E-state index contributed by atoms with van der Waals surface area (Å²) in [5.74, 6) is 0.133. The lowest BCUT2D eigenvalue weighted by molar-refractivity contribution is -0.0838. The third-order valence-corrected chi connectivity index (χ3v) is 7.06. The Morgan fingerprint density at radius 3 is 2.20 bits per heavy atom. The number of halogens is 1. The zero-order valence-corrected chi connectivity index (χ0v) is 17.8. The maximum atomic E-state index is 12.8. The second kappa shape index (κ2) is 7.17. The summed E-state index contributed by atoms with van der Waals surface area (Å²) in [6.45, 7) is 3.74. The molecule has 0 atom stereocenters. The molecule has 1 spiro atoms. The summed E-state index contributed by atoms with van der Waals surface area (Å²) < 4.78 is 0. The molecule has 1 amide bonds. The first kappa shape index (κ1) is 19.2. The highest BCUT2D eigenvalue weighted by atomic mass is 35.5. The Labute approximate surface area is 182 Å². The molecule has 1 heterocycles. The van der Waals surface area contributed by atoms with Gasteiger partial charge < -0.3 is 10.2 Å². The number of anilines is 1. The van der Waals surface area contributed by atoms with E-state index in [-0.39, 0.29) is 16.9 Å². The van der Waals surface area contributed by atoms with Crippen LogP contribution in [-0.4, -0.2) is 23.9 Å². The maximum absolute atomic E-state index is 12.8. The van der Waals surface area contributed by atoms with Crippen molar-refractivity contribution < 1.29 is 4.79 Å². The second-order valence-corrected chi connectivity index (χ2v) is 9.27. The molecule has 0 bridgehead atoms. The van der Waals surface area contributed by atoms with Crippen molar-refractivity contribution in [3.8, 4) is 0 Å². The highest BCUT2D eigenvalue weighted by Crippen LogP contribution is 2.60. The average molecular weight is 417 g/mol. The lowest BCUT2D eigenvalue weighted by Crippen LogP contribution is -2.69. The summed E-state index contributed by atoms with van der Waals surface area (Å²) in [7, 11) is 0. The average Bonchev–Trinajstić information content (AvgIpc) is 2.72. The van der Waals surface area contributed by atoms with Crippen LogP contribution >= 0.6 is 11.6 Å². The van der Waals surface area contributed by atoms with Gasteiger partial charge in [-0.1, -0.05) is 60.1 Å². The minimum Gasteiger partial charge on any atom is -0.375 e. The van der Waals surface area contributed by atoms with Crippen LogP contribution in [0.15, 0.2) is 78.9 Å². The molecule has 0 unspecified atom stereocenters. The molecule has 30 heavy (non-hydrogen) atoms. The molecule has 3 aromatic rings. The highest BCUT2D eigenvalue weighted by Gasteiger charge is 2.61. The summed E-state index contributed by atoms with van der Waals surface area (Å²) in [5, 5.41) is 4.62. The number of hydrogen-bond donors (Lipinski definition) is 1. The number of carbonyl (C=O) groups is 1. The molecule has 4 heteroatoms. The fourth-order valence-electron chi connectivity index (χ4n) is 5.39. The van der Waals surface area contributed by atoms with E-state index >= 15 is 0 Å². The van der Waals surface area contributed by atoms with E-state index in [9.17, 15) is 4.79 Å². The van der Waals surface area contributed by atoms with Gasteiger partial charge in [-0.3, -0.25) is 4.79 Å². The van der Waals surface area contributed by atoms with Gasteiger partial charge in [0.05, 0.1) is 5.54 Å². The van der Waals surface area contributed by atoms with Crippen molar-refractivity contribution in [2.24, 2.45) is 5.41 Å². The summed E-state index contributed by atoms with van der Waals surface area (Å²) in [5.41, 5.74) is 4.31. The van der Waals surface area contributed by atoms with Gasteiger partial charge in [0.25, 0.3) is 5.91 Å². The molecule has 0 aromatic heterocycles. The lowest BCUT2D eigenvalue weighted by atomic mass is 9.51. The molecule has 2 aliphatic rings. The number of benzene rings is 3. The van der Waals surface area contributed by atoms with Crippen molar-refractivity contribution in [1.29, 1.82) is 0 Å². The van der Waals surface area contributed by atoms with Crippen LogP contribution in [-0.2, 0) is 5.54 Å². The van der Waals surface area contributed by atoms with Gasteiger partial charge in [-0.2, -0.15) is 0 Å². The van der Waals surface area contributed by atoms with Crippen molar-refractivity contribution in [1.82, 2.24) is 4.90 Å². The number of rotatable bonds is 4. The first-order valence-electron chi connectivity index (χ1n) is 10.4. The molecule has 1 saturated heterocycles. The highest BCUT2D eigenvalue weighted by molar-refractivity contribution is 6.31. The Hall–Kier alpha value is -2.78. The van der Waals surface area contributed by atoms with Crippen LogP contribution in [0.1, 0.15) is 34.3 Å². The Morgan fingerprint density at radius 2 is 1.53 bits per heavy atom. The molecule has 3 nitrogen and oxygen atoms in total. The number of hydrogen-bond acceptors (Lipinski definition) is 2. The predicted octanol–water partition coefficient (Wildman–Crippen LogP) is 5.89. The van der Waals surface area contributed by atoms with Gasteiger partial charge in [0.1, 0.15) is 0 Å². The van der Waals surface area contributed by atoms with Crippen LogP contribution in [0.25, 0.3) is 0 Å². The van der Waals surface area contributed by atoms with E-state index in [1.807, 2.05) is 53.4 Å². The molecule has 2 fully saturated rings. The molecule has 1 saturated carbocycles. The number of carbonyl (C=O) groups excluding carboxylic acids is 1. The molecule has 1 aliphatic heterocycles. The zero-order chi connectivity index (χ0) is 20.8. The van der Waals surface area contributed by atoms with Crippen molar-refractivity contribution in [3.05, 3.63) is 101 Å². The fourth-order valence-corrected chi connectivity index (χ4v) is 5.57. The van der Waals surface area contributed by atoms with Crippen molar-refractivity contribution in [2.45, 2.75) is 25.3 Å². The summed E-state index contributed by atoms with van der Waals surface area (Å²) in [4.78, 5) is 14.7. The molecule has 0 radical (unpaired) electrons. The van der Waals surface area contributed by atoms with Crippen LogP contribution in [0.5, 0.6) is 0 Å². The molecular weight excluding hydrogens is 392 g/mol. The Balaban J connectivity index is 1.37. The number of para-hydroxylation sites is 1. The van der Waals surface area contributed by atoms with E-state index in [1.165, 1.54) is 5.56 Å². The Kier molecular flexibility index (Phi) is 4.59. The first-order chi connectivity index (χ1) is 14.5. The number of amides is 1. The van der Waals surface area contributed by atoms with Crippen molar-refractivity contribution >= 4 is 23.2 Å². The SMILES string of the molecule is Cc1c(Cl)cccc1C1(Nc2ccccc2)CC2(CN(C(=O)c3ccccc3)C2)C1. The Bertz CT molecular complexity index is 1070. The third-order valence-electron chi connectivity index (χ3n) is 6.65. The van der Waals surface area contributed by atoms with Gasteiger partial charge in [-0.05, 0) is 61.2 Å². The lowest BCUT2D eigenvalue weighted by Gasteiger charge is -2.65. The summed E-state index contributed by atoms with van der Waals surface area (Å²) >= 11 is 6.47. The monoisotopic (exact) mass is 416 g/mol. The number of nitrogens with one attached hydrogen (secondary N) is 1. The van der Waals surface area contributed by atoms with Gasteiger partial charge in [-0.25, -0.2) is 0 Å². The van der Waals surface area contributed by atoms with Crippen LogP contribution in [0.4, 0.5) is 5.69 Å². The Morgan fingerprint density at radius 1 is 0.900 bits per heavy atom. The minimum absolute atomic E-state index is 0.133. The van der Waals surface area contributed by atoms with Crippen LogP contribution in [0, 0.1) is 12.3 Å². The minimum atomic E-state index is -0.155. The van der Waals surface area contributed by atoms with Gasteiger partial charge in [0.15, 0.2) is 0 Å². The predicted molar refractivity (Wildman–Crippen MR) is 122 cm³/mol. The number of likely N-dealkylation sites (tertiary alicyclic amines) is 1. The van der Waals surface area contributed by atoms with E-state index in [1.54, 1.807) is 0 Å². The summed E-state index contributed by atoms with van der Waals surface area (Å²) in [6, 6.07) is 26.1. The molecule has 1 N–H and O–H groups in total. The van der Waals surface area contributed by atoms with Gasteiger partial charge in [-0.15, -0.1) is 0 Å². The van der Waals surface area contributed by atoms with Gasteiger partial charge >= 0.3 is 0 Å². The number of nitrogens with zero attached hydrogens (tertiary/aromatic N) is 1. The molecular formula is C26H25ClN2O. The zero-order valence-electron chi connectivity index (χ0n) is 17.1. The molecule has 152 valence electrons. The van der Waals surface area contributed by atoms with E-state index in [4.69, 9.17) is 11.6 Å². The topological polar surface area (TPSA) is 32.3 Å². The van der Waals surface area contributed by atoms with E-state index in [0.29, 0.717) is 0 Å². The fraction of sp³-hybridized carbons (Fsp3) is 0.269. The quantitative estimate of drug-likeness (QED) is 0.574. The van der Waals surface area contributed by atoms with Crippen LogP contribution < -0.4 is 5.32 Å². The third kappa shape index (κ3) is 3.18. The van der Waals surface area contributed by atoms with Gasteiger partial charge in [0.2, 0.25) is 0 Å². The van der Waals surface area contributed by atoms with E-state index in [2.05, 4.69) is 42.6 Å². The molecule has 1 aliphatic carbocycles. The molecule has 3 aromatic carbocycles. The maximum Gasteiger partial charge on any atom is 0.253 e. The van der Waals surface area contributed by atoms with Crippen LogP contribution in [0.2, 0.25) is 5.02 Å². The van der Waals surface area contributed by atoms with E-state index < -0.39 is 0 Å². The smallest absolute Gasteiger partial charge is 0.253 e. The summed E-state index contributed by atoms with van der Waals surface area (Å²) in [6.07, 6.45) is 1.99. The van der Waals surface area contributed by atoms with Gasteiger partial charge in [0, 0.05) is 34.8 Å². The van der Waals surface area contributed by atoms with Crippen LogP contribution in [0.3, 0.4) is 0 Å². The van der Waals surface area contributed by atoms with Crippen molar-refractivity contribution in [3.63, 3.8) is 0 Å².